The van der Waals surface area contributed by atoms with Gasteiger partial charge in [0.2, 0.25) is 0 Å². The van der Waals surface area contributed by atoms with Crippen molar-refractivity contribution in [2.45, 2.75) is 58.5 Å². The van der Waals surface area contributed by atoms with Gasteiger partial charge in [-0.1, -0.05) is 26.2 Å². The number of unbranched alkanes of at least 4 members (excludes halogenated alkanes) is 3. The summed E-state index contributed by atoms with van der Waals surface area (Å²) in [6.45, 7) is 6.30. The second-order valence-electron chi connectivity index (χ2n) is 7.30. The molecule has 0 unspecified atom stereocenters. The smallest absolute Gasteiger partial charge is 0.132 e. The van der Waals surface area contributed by atoms with E-state index < -0.39 is 5.60 Å². The Morgan fingerprint density at radius 3 is 2.56 bits per heavy atom. The predicted octanol–water partition coefficient (Wildman–Crippen LogP) is 5.51. The molecule has 0 fully saturated rings. The highest BCUT2D eigenvalue weighted by molar-refractivity contribution is 5.87. The molecule has 3 heteroatoms. The third kappa shape index (κ3) is 4.04. The molecule has 0 radical (unpaired) electrons. The fourth-order valence-electron chi connectivity index (χ4n) is 3.40. The first-order chi connectivity index (χ1) is 12.0. The van der Waals surface area contributed by atoms with Gasteiger partial charge >= 0.3 is 0 Å². The normalized spacial score (nSPS) is 15.2. The first-order valence-corrected chi connectivity index (χ1v) is 9.18. The average Bonchev–Trinajstić information content (AvgIpc) is 2.57. The molecule has 2 heterocycles. The fourth-order valence-corrected chi connectivity index (χ4v) is 3.40. The highest BCUT2D eigenvalue weighted by Gasteiger charge is 2.29. The summed E-state index contributed by atoms with van der Waals surface area (Å²) in [5.41, 5.74) is 3.54. The summed E-state index contributed by atoms with van der Waals surface area (Å²) in [5, 5.41) is 10.7. The number of benzene rings is 1. The number of aryl methyl sites for hydroxylation is 1. The molecule has 1 aromatic carbocycles. The van der Waals surface area contributed by atoms with Gasteiger partial charge in [-0.05, 0) is 73.7 Å². The molecule has 1 N–H and O–H groups in total. The molecule has 2 aromatic rings. The van der Waals surface area contributed by atoms with Gasteiger partial charge in [0.25, 0.3) is 0 Å². The van der Waals surface area contributed by atoms with Gasteiger partial charge in [-0.3, -0.25) is 4.98 Å². The second-order valence-corrected chi connectivity index (χ2v) is 7.30. The van der Waals surface area contributed by atoms with E-state index in [1.54, 1.807) is 12.4 Å². The Morgan fingerprint density at radius 2 is 1.84 bits per heavy atom. The highest BCUT2D eigenvalue weighted by atomic mass is 16.5. The molecule has 3 nitrogen and oxygen atoms in total. The lowest BCUT2D eigenvalue weighted by Gasteiger charge is -2.32. The minimum absolute atomic E-state index is 0.293. The van der Waals surface area contributed by atoms with E-state index in [1.807, 2.05) is 32.0 Å². The lowest BCUT2D eigenvalue weighted by atomic mass is 9.88. The maximum Gasteiger partial charge on any atom is 0.132 e. The third-order valence-corrected chi connectivity index (χ3v) is 4.59. The van der Waals surface area contributed by atoms with Crippen LogP contribution in [-0.2, 0) is 6.42 Å². The molecule has 25 heavy (non-hydrogen) atoms. The van der Waals surface area contributed by atoms with Gasteiger partial charge in [-0.2, -0.15) is 0 Å². The topological polar surface area (TPSA) is 42.4 Å². The fraction of sp³-hybridized carbons (Fsp3) is 0.409. The molecular weight excluding hydrogens is 310 g/mol. The maximum absolute atomic E-state index is 10.7. The summed E-state index contributed by atoms with van der Waals surface area (Å²) >= 11 is 0. The number of aromatic hydroxyl groups is 1. The van der Waals surface area contributed by atoms with Crippen molar-refractivity contribution < 1.29 is 9.84 Å². The zero-order chi connectivity index (χ0) is 17.9. The predicted molar refractivity (Wildman–Crippen MR) is 102 cm³/mol. The molecule has 0 spiro atoms. The summed E-state index contributed by atoms with van der Waals surface area (Å²) in [6.07, 6.45) is 11.5. The number of pyridine rings is 1. The van der Waals surface area contributed by atoms with Crippen molar-refractivity contribution in [2.75, 3.05) is 0 Å². The molecule has 0 saturated carbocycles. The summed E-state index contributed by atoms with van der Waals surface area (Å²) in [5.74, 6) is 1.06. The van der Waals surface area contributed by atoms with E-state index in [1.165, 1.54) is 19.3 Å². The largest absolute Gasteiger partial charge is 0.507 e. The number of nitrogens with zero attached hydrogens (tertiary/aromatic N) is 1. The van der Waals surface area contributed by atoms with Crippen molar-refractivity contribution >= 4 is 5.57 Å². The van der Waals surface area contributed by atoms with E-state index in [0.29, 0.717) is 5.75 Å². The molecular formula is C22H27NO2. The molecule has 3 rings (SSSR count). The summed E-state index contributed by atoms with van der Waals surface area (Å²) in [6, 6.07) is 7.92. The first-order valence-electron chi connectivity index (χ1n) is 9.18. The third-order valence-electron chi connectivity index (χ3n) is 4.59. The Bertz CT molecular complexity index is 763. The highest BCUT2D eigenvalue weighted by Crippen LogP contribution is 2.44. The molecule has 1 aromatic heterocycles. The van der Waals surface area contributed by atoms with Crippen LogP contribution in [0.2, 0.25) is 0 Å². The Labute approximate surface area is 150 Å². The van der Waals surface area contributed by atoms with E-state index in [0.717, 1.165) is 40.9 Å². The van der Waals surface area contributed by atoms with Gasteiger partial charge in [0.1, 0.15) is 17.1 Å². The number of ether oxygens (including phenoxy) is 1. The number of hydrogen-bond acceptors (Lipinski definition) is 3. The van der Waals surface area contributed by atoms with Crippen molar-refractivity contribution in [3.63, 3.8) is 0 Å². The standard InChI is InChI=1S/C22H27NO2/c1-4-5-6-7-8-16-13-19(24)21-18(17-9-11-23-12-10-17)15-22(2,3)25-20(21)14-16/h9-15,24H,4-8H2,1-3H3. The van der Waals surface area contributed by atoms with E-state index in [9.17, 15) is 5.11 Å². The second kappa shape index (κ2) is 7.30. The minimum atomic E-state index is -0.418. The summed E-state index contributed by atoms with van der Waals surface area (Å²) < 4.78 is 6.17. The molecule has 0 aliphatic carbocycles. The summed E-state index contributed by atoms with van der Waals surface area (Å²) in [7, 11) is 0. The molecule has 0 amide bonds. The van der Waals surface area contributed by atoms with E-state index >= 15 is 0 Å². The zero-order valence-electron chi connectivity index (χ0n) is 15.4. The Balaban J connectivity index is 1.96. The van der Waals surface area contributed by atoms with Crippen molar-refractivity contribution in [3.8, 4) is 11.5 Å². The maximum atomic E-state index is 10.7. The van der Waals surface area contributed by atoms with Crippen LogP contribution in [0.1, 0.15) is 63.1 Å². The van der Waals surface area contributed by atoms with Crippen LogP contribution < -0.4 is 4.74 Å². The van der Waals surface area contributed by atoms with Gasteiger partial charge in [0.15, 0.2) is 0 Å². The van der Waals surface area contributed by atoms with Gasteiger partial charge in [0.05, 0.1) is 5.56 Å². The van der Waals surface area contributed by atoms with Crippen LogP contribution in [0.15, 0.2) is 42.7 Å². The molecule has 1 aliphatic rings. The Hall–Kier alpha value is -2.29. The minimum Gasteiger partial charge on any atom is -0.507 e. The lowest BCUT2D eigenvalue weighted by molar-refractivity contribution is 0.157. The van der Waals surface area contributed by atoms with Gasteiger partial charge < -0.3 is 9.84 Å². The number of phenolic OH excluding ortho intramolecular Hbond substituents is 1. The number of aromatic nitrogens is 1. The van der Waals surface area contributed by atoms with E-state index in [-0.39, 0.29) is 0 Å². The van der Waals surface area contributed by atoms with Crippen molar-refractivity contribution in [1.29, 1.82) is 0 Å². The van der Waals surface area contributed by atoms with Gasteiger partial charge in [-0.25, -0.2) is 0 Å². The Morgan fingerprint density at radius 1 is 1.08 bits per heavy atom. The number of rotatable bonds is 6. The van der Waals surface area contributed by atoms with E-state index in [2.05, 4.69) is 24.1 Å². The number of hydrogen-bond donors (Lipinski definition) is 1. The van der Waals surface area contributed by atoms with Crippen LogP contribution in [-0.4, -0.2) is 15.7 Å². The van der Waals surface area contributed by atoms with Crippen molar-refractivity contribution in [3.05, 3.63) is 59.4 Å². The molecule has 1 aliphatic heterocycles. The Kier molecular flexibility index (Phi) is 5.12. The summed E-state index contributed by atoms with van der Waals surface area (Å²) in [4.78, 5) is 4.10. The van der Waals surface area contributed by atoms with Crippen LogP contribution in [0.25, 0.3) is 5.57 Å². The first kappa shape index (κ1) is 17.5. The van der Waals surface area contributed by atoms with Crippen LogP contribution in [0.5, 0.6) is 11.5 Å². The van der Waals surface area contributed by atoms with E-state index in [4.69, 9.17) is 4.74 Å². The van der Waals surface area contributed by atoms with Gasteiger partial charge in [-0.15, -0.1) is 0 Å². The average molecular weight is 337 g/mol. The van der Waals surface area contributed by atoms with Crippen LogP contribution in [0.3, 0.4) is 0 Å². The zero-order valence-corrected chi connectivity index (χ0v) is 15.4. The molecule has 0 saturated heterocycles. The quantitative estimate of drug-likeness (QED) is 0.706. The van der Waals surface area contributed by atoms with Crippen LogP contribution in [0, 0.1) is 0 Å². The molecule has 0 bridgehead atoms. The lowest BCUT2D eigenvalue weighted by Crippen LogP contribution is -2.29. The molecule has 132 valence electrons. The van der Waals surface area contributed by atoms with Crippen LogP contribution >= 0.6 is 0 Å². The van der Waals surface area contributed by atoms with Crippen molar-refractivity contribution in [2.24, 2.45) is 0 Å². The van der Waals surface area contributed by atoms with Crippen LogP contribution in [0.4, 0.5) is 0 Å². The number of phenols is 1. The SMILES string of the molecule is CCCCCCc1cc(O)c2c(c1)OC(C)(C)C=C2c1ccncc1. The van der Waals surface area contributed by atoms with Crippen molar-refractivity contribution in [1.82, 2.24) is 4.98 Å². The number of fused-ring (bicyclic) bond motifs is 1. The van der Waals surface area contributed by atoms with Gasteiger partial charge in [0, 0.05) is 12.4 Å². The molecule has 0 atom stereocenters. The monoisotopic (exact) mass is 337 g/mol.